The predicted molar refractivity (Wildman–Crippen MR) is 143 cm³/mol. The number of amides is 1. The molecule has 0 aliphatic rings. The SMILES string of the molecule is CCOC(=O)c1ccc(NC(=O)c2ccccc2N(Cc2ccccc2)S(=O)(=O)c2ccccc2)cc1. The van der Waals surface area contributed by atoms with Crippen molar-refractivity contribution in [2.75, 3.05) is 16.2 Å². The predicted octanol–water partition coefficient (Wildman–Crippen LogP) is 5.51. The van der Waals surface area contributed by atoms with Gasteiger partial charge in [-0.2, -0.15) is 0 Å². The Morgan fingerprint density at radius 3 is 2.03 bits per heavy atom. The highest BCUT2D eigenvalue weighted by Crippen LogP contribution is 2.30. The summed E-state index contributed by atoms with van der Waals surface area (Å²) < 4.78 is 33.8. The van der Waals surface area contributed by atoms with Crippen molar-refractivity contribution in [2.45, 2.75) is 18.4 Å². The summed E-state index contributed by atoms with van der Waals surface area (Å²) >= 11 is 0. The number of nitrogens with one attached hydrogen (secondary N) is 1. The van der Waals surface area contributed by atoms with Gasteiger partial charge >= 0.3 is 5.97 Å². The number of carbonyl (C=O) groups is 2. The van der Waals surface area contributed by atoms with E-state index >= 15 is 0 Å². The molecule has 4 aromatic carbocycles. The Labute approximate surface area is 216 Å². The van der Waals surface area contributed by atoms with Gasteiger partial charge in [-0.3, -0.25) is 9.10 Å². The van der Waals surface area contributed by atoms with Gasteiger partial charge in [-0.05, 0) is 61.0 Å². The summed E-state index contributed by atoms with van der Waals surface area (Å²) in [6, 6.07) is 30.2. The van der Waals surface area contributed by atoms with E-state index in [-0.39, 0.29) is 29.3 Å². The summed E-state index contributed by atoms with van der Waals surface area (Å²) in [6.45, 7) is 2.03. The van der Waals surface area contributed by atoms with Crippen molar-refractivity contribution in [3.63, 3.8) is 0 Å². The zero-order chi connectivity index (χ0) is 26.3. The van der Waals surface area contributed by atoms with Crippen molar-refractivity contribution >= 4 is 33.3 Å². The van der Waals surface area contributed by atoms with Crippen molar-refractivity contribution in [3.8, 4) is 0 Å². The van der Waals surface area contributed by atoms with Crippen LogP contribution in [0, 0.1) is 0 Å². The molecule has 0 radical (unpaired) electrons. The van der Waals surface area contributed by atoms with Gasteiger partial charge in [0.2, 0.25) is 0 Å². The molecule has 1 amide bonds. The monoisotopic (exact) mass is 514 g/mol. The van der Waals surface area contributed by atoms with Gasteiger partial charge in [0, 0.05) is 5.69 Å². The Bertz CT molecular complexity index is 1470. The molecule has 7 nitrogen and oxygen atoms in total. The van der Waals surface area contributed by atoms with Crippen LogP contribution in [0.25, 0.3) is 0 Å². The lowest BCUT2D eigenvalue weighted by molar-refractivity contribution is 0.0526. The van der Waals surface area contributed by atoms with E-state index in [0.29, 0.717) is 11.3 Å². The Kier molecular flexibility index (Phi) is 8.00. The number of hydrogen-bond acceptors (Lipinski definition) is 5. The van der Waals surface area contributed by atoms with E-state index in [4.69, 9.17) is 4.74 Å². The highest BCUT2D eigenvalue weighted by Gasteiger charge is 2.28. The van der Waals surface area contributed by atoms with Crippen molar-refractivity contribution in [3.05, 3.63) is 126 Å². The second-order valence-electron chi connectivity index (χ2n) is 8.08. The fourth-order valence-electron chi connectivity index (χ4n) is 3.75. The van der Waals surface area contributed by atoms with Gasteiger partial charge in [-0.15, -0.1) is 0 Å². The van der Waals surface area contributed by atoms with Crippen LogP contribution in [-0.2, 0) is 21.3 Å². The highest BCUT2D eigenvalue weighted by molar-refractivity contribution is 7.92. The molecule has 4 aromatic rings. The summed E-state index contributed by atoms with van der Waals surface area (Å²) in [5.41, 5.74) is 2.02. The molecule has 37 heavy (non-hydrogen) atoms. The first kappa shape index (κ1) is 25.7. The number of para-hydroxylation sites is 1. The van der Waals surface area contributed by atoms with Gasteiger partial charge in [0.05, 0.1) is 34.9 Å². The van der Waals surface area contributed by atoms with E-state index in [2.05, 4.69) is 5.32 Å². The van der Waals surface area contributed by atoms with Gasteiger partial charge in [-0.25, -0.2) is 13.2 Å². The second kappa shape index (κ2) is 11.5. The maximum atomic E-state index is 13.8. The fraction of sp³-hybridized carbons (Fsp3) is 0.103. The number of rotatable bonds is 9. The first-order valence-corrected chi connectivity index (χ1v) is 13.1. The number of carbonyl (C=O) groups excluding carboxylic acids is 2. The van der Waals surface area contributed by atoms with E-state index in [0.717, 1.165) is 5.56 Å². The third kappa shape index (κ3) is 6.05. The number of sulfonamides is 1. The van der Waals surface area contributed by atoms with Crippen LogP contribution >= 0.6 is 0 Å². The Morgan fingerprint density at radius 1 is 0.784 bits per heavy atom. The first-order chi connectivity index (χ1) is 17.9. The average Bonchev–Trinajstić information content (AvgIpc) is 2.93. The molecule has 0 spiro atoms. The number of esters is 1. The molecule has 0 atom stereocenters. The molecule has 0 heterocycles. The Hall–Kier alpha value is -4.43. The quantitative estimate of drug-likeness (QED) is 0.297. The van der Waals surface area contributed by atoms with E-state index in [1.165, 1.54) is 16.4 Å². The first-order valence-electron chi connectivity index (χ1n) is 11.7. The Balaban J connectivity index is 1.69. The van der Waals surface area contributed by atoms with Gasteiger partial charge in [0.1, 0.15) is 0 Å². The summed E-state index contributed by atoms with van der Waals surface area (Å²) in [5.74, 6) is -0.936. The molecular weight excluding hydrogens is 488 g/mol. The summed E-state index contributed by atoms with van der Waals surface area (Å²) in [4.78, 5) is 25.4. The molecular formula is C29H26N2O5S. The molecule has 0 unspecified atom stereocenters. The minimum Gasteiger partial charge on any atom is -0.462 e. The second-order valence-corrected chi connectivity index (χ2v) is 9.94. The van der Waals surface area contributed by atoms with Crippen molar-refractivity contribution in [2.24, 2.45) is 0 Å². The zero-order valence-corrected chi connectivity index (χ0v) is 21.0. The largest absolute Gasteiger partial charge is 0.462 e. The van der Waals surface area contributed by atoms with Gasteiger partial charge < -0.3 is 10.1 Å². The van der Waals surface area contributed by atoms with Crippen LogP contribution in [0.1, 0.15) is 33.2 Å². The molecule has 0 aliphatic carbocycles. The molecule has 4 rings (SSSR count). The van der Waals surface area contributed by atoms with Gasteiger partial charge in [0.15, 0.2) is 0 Å². The number of hydrogen-bond donors (Lipinski definition) is 1. The molecule has 0 saturated carbocycles. The van der Waals surface area contributed by atoms with Crippen LogP contribution in [0.5, 0.6) is 0 Å². The molecule has 0 fully saturated rings. The molecule has 0 aromatic heterocycles. The van der Waals surface area contributed by atoms with E-state index in [9.17, 15) is 18.0 Å². The van der Waals surface area contributed by atoms with Crippen LogP contribution in [0.2, 0.25) is 0 Å². The summed E-state index contributed by atoms with van der Waals surface area (Å²) in [7, 11) is -4.00. The lowest BCUT2D eigenvalue weighted by Gasteiger charge is -2.26. The van der Waals surface area contributed by atoms with E-state index in [1.807, 2.05) is 30.3 Å². The highest BCUT2D eigenvalue weighted by atomic mass is 32.2. The smallest absolute Gasteiger partial charge is 0.338 e. The lowest BCUT2D eigenvalue weighted by Crippen LogP contribution is -2.32. The molecule has 8 heteroatoms. The van der Waals surface area contributed by atoms with E-state index in [1.54, 1.807) is 73.7 Å². The topological polar surface area (TPSA) is 92.8 Å². The third-order valence-electron chi connectivity index (χ3n) is 5.57. The lowest BCUT2D eigenvalue weighted by atomic mass is 10.1. The summed E-state index contributed by atoms with van der Waals surface area (Å²) in [5, 5.41) is 2.79. The molecule has 0 bridgehead atoms. The Morgan fingerprint density at radius 2 is 1.38 bits per heavy atom. The molecule has 0 aliphatic heterocycles. The van der Waals surface area contributed by atoms with Gasteiger partial charge in [-0.1, -0.05) is 60.7 Å². The maximum absolute atomic E-state index is 13.8. The number of ether oxygens (including phenoxy) is 1. The number of anilines is 2. The standard InChI is InChI=1S/C29H26N2O5S/c1-2-36-29(33)23-17-19-24(20-18-23)30-28(32)26-15-9-10-16-27(26)31(21-22-11-5-3-6-12-22)37(34,35)25-13-7-4-8-14-25/h3-20H,2,21H2,1H3,(H,30,32). The molecule has 1 N–H and O–H groups in total. The van der Waals surface area contributed by atoms with Gasteiger partial charge in [0.25, 0.3) is 15.9 Å². The van der Waals surface area contributed by atoms with Crippen LogP contribution in [-0.4, -0.2) is 26.9 Å². The van der Waals surface area contributed by atoms with Crippen molar-refractivity contribution in [1.29, 1.82) is 0 Å². The molecule has 0 saturated heterocycles. The fourth-order valence-corrected chi connectivity index (χ4v) is 5.25. The minimum absolute atomic E-state index is 0.0383. The number of nitrogens with zero attached hydrogens (tertiary/aromatic N) is 1. The summed E-state index contributed by atoms with van der Waals surface area (Å²) in [6.07, 6.45) is 0. The number of benzene rings is 4. The zero-order valence-electron chi connectivity index (χ0n) is 20.2. The van der Waals surface area contributed by atoms with Crippen LogP contribution in [0.3, 0.4) is 0 Å². The molecule has 188 valence electrons. The van der Waals surface area contributed by atoms with Crippen molar-refractivity contribution < 1.29 is 22.7 Å². The van der Waals surface area contributed by atoms with Crippen LogP contribution < -0.4 is 9.62 Å². The average molecular weight is 515 g/mol. The third-order valence-corrected chi connectivity index (χ3v) is 7.35. The van der Waals surface area contributed by atoms with Crippen LogP contribution in [0.15, 0.2) is 114 Å². The minimum atomic E-state index is -4.00. The normalized spacial score (nSPS) is 10.9. The van der Waals surface area contributed by atoms with Crippen LogP contribution in [0.4, 0.5) is 11.4 Å². The van der Waals surface area contributed by atoms with E-state index < -0.39 is 21.9 Å². The van der Waals surface area contributed by atoms with Crippen molar-refractivity contribution in [1.82, 2.24) is 0 Å². The maximum Gasteiger partial charge on any atom is 0.338 e.